The van der Waals surface area contributed by atoms with Gasteiger partial charge in [-0.15, -0.1) is 0 Å². The zero-order valence-electron chi connectivity index (χ0n) is 33.1. The molecule has 0 spiro atoms. The number of carbonyl (C=O) groups excluding carboxylic acids is 4. The highest BCUT2D eigenvalue weighted by atomic mass is 33.1. The number of carbonyl (C=O) groups is 4. The minimum Gasteiger partial charge on any atom is -0.393 e. The van der Waals surface area contributed by atoms with Gasteiger partial charge in [-0.25, -0.2) is 4.98 Å². The molecule has 0 fully saturated rings. The summed E-state index contributed by atoms with van der Waals surface area (Å²) >= 11 is 0. The average molecular weight is 823 g/mol. The highest BCUT2D eigenvalue weighted by Gasteiger charge is 2.35. The maximum absolute atomic E-state index is 14.7. The Kier molecular flexibility index (Phi) is 17.1. The number of pyridine rings is 1. The molecule has 0 saturated heterocycles. The van der Waals surface area contributed by atoms with Crippen LogP contribution in [-0.4, -0.2) is 85.7 Å². The Morgan fingerprint density at radius 3 is 2.47 bits per heavy atom. The van der Waals surface area contributed by atoms with Crippen LogP contribution in [0.1, 0.15) is 73.1 Å². The SMILES string of the molecule is CCC(C)CN(NC(=O)C[C@@H](O)CCC(C)C)C(=O)[C@H](CC1=CN(C(=O)[C@H](C)N)CN1c1cccc2ccccc12)NC(=O)CCSSc1ncccc1[N+](=O)[O-]. The van der Waals surface area contributed by atoms with Crippen LogP contribution in [0.3, 0.4) is 0 Å². The van der Waals surface area contributed by atoms with Crippen molar-refractivity contribution in [2.75, 3.05) is 23.9 Å². The summed E-state index contributed by atoms with van der Waals surface area (Å²) in [5.41, 5.74) is 9.96. The molecule has 1 aromatic heterocycles. The molecule has 15 nitrogen and oxygen atoms in total. The number of benzene rings is 2. The number of nitro groups is 1. The maximum Gasteiger partial charge on any atom is 0.302 e. The molecule has 2 aromatic carbocycles. The summed E-state index contributed by atoms with van der Waals surface area (Å²) in [6, 6.07) is 14.4. The lowest BCUT2D eigenvalue weighted by Gasteiger charge is -2.32. The van der Waals surface area contributed by atoms with Gasteiger partial charge in [-0.1, -0.05) is 81.3 Å². The van der Waals surface area contributed by atoms with E-state index in [0.29, 0.717) is 24.5 Å². The lowest BCUT2D eigenvalue weighted by Crippen LogP contribution is -2.56. The van der Waals surface area contributed by atoms with Crippen molar-refractivity contribution in [2.45, 2.75) is 96.4 Å². The highest BCUT2D eigenvalue weighted by Crippen LogP contribution is 2.36. The smallest absolute Gasteiger partial charge is 0.302 e. The number of hydrazine groups is 1. The third-order valence-corrected chi connectivity index (χ3v) is 11.7. The number of aromatic nitrogens is 1. The van der Waals surface area contributed by atoms with Crippen LogP contribution in [0.5, 0.6) is 0 Å². The van der Waals surface area contributed by atoms with E-state index in [0.717, 1.165) is 33.7 Å². The van der Waals surface area contributed by atoms with Crippen LogP contribution < -0.4 is 21.4 Å². The predicted molar refractivity (Wildman–Crippen MR) is 224 cm³/mol. The van der Waals surface area contributed by atoms with E-state index < -0.39 is 40.8 Å². The Morgan fingerprint density at radius 1 is 1.04 bits per heavy atom. The van der Waals surface area contributed by atoms with E-state index in [1.54, 1.807) is 13.1 Å². The van der Waals surface area contributed by atoms with Crippen molar-refractivity contribution in [2.24, 2.45) is 17.6 Å². The summed E-state index contributed by atoms with van der Waals surface area (Å²) in [7, 11) is 2.29. The number of fused-ring (bicyclic) bond motifs is 1. The number of anilines is 1. The van der Waals surface area contributed by atoms with Gasteiger partial charge in [-0.05, 0) is 59.9 Å². The molecule has 0 bridgehead atoms. The number of aliphatic hydroxyl groups excluding tert-OH is 1. The van der Waals surface area contributed by atoms with Gasteiger partial charge in [0.1, 0.15) is 12.7 Å². The van der Waals surface area contributed by atoms with E-state index in [4.69, 9.17) is 5.73 Å². The molecule has 17 heteroatoms. The van der Waals surface area contributed by atoms with Gasteiger partial charge in [0.25, 0.3) is 5.91 Å². The maximum atomic E-state index is 14.7. The van der Waals surface area contributed by atoms with Crippen molar-refractivity contribution >= 4 is 67.4 Å². The quantitative estimate of drug-likeness (QED) is 0.0467. The Morgan fingerprint density at radius 2 is 1.77 bits per heavy atom. The van der Waals surface area contributed by atoms with Crippen LogP contribution in [0.15, 0.2) is 77.7 Å². The average Bonchev–Trinajstić information content (AvgIpc) is 3.60. The Balaban J connectivity index is 1.64. The molecule has 4 amide bonds. The number of nitrogens with one attached hydrogen (secondary N) is 2. The number of hydrogen-bond donors (Lipinski definition) is 4. The van der Waals surface area contributed by atoms with E-state index in [2.05, 4.69) is 15.7 Å². The molecule has 0 aliphatic carbocycles. The summed E-state index contributed by atoms with van der Waals surface area (Å²) in [6.07, 6.45) is 3.78. The predicted octanol–water partition coefficient (Wildman–Crippen LogP) is 5.74. The Hall–Kier alpha value is -4.71. The van der Waals surface area contributed by atoms with Crippen molar-refractivity contribution in [1.82, 2.24) is 25.6 Å². The number of nitrogens with two attached hydrogens (primary N) is 1. The van der Waals surface area contributed by atoms with Gasteiger partial charge in [-0.3, -0.25) is 44.6 Å². The highest BCUT2D eigenvalue weighted by molar-refractivity contribution is 8.76. The fourth-order valence-corrected chi connectivity index (χ4v) is 8.13. The first kappa shape index (κ1) is 45.0. The standard InChI is InChI=1S/C40H54N8O7S2/c1-6-27(4)23-47(44-37(51)22-31(49)17-16-26(2)3)40(53)33(43-36(50)18-20-56-57-38-35(48(54)55)15-10-19-42-38)21-30-24-45(39(52)28(5)41)25-46(30)34-14-9-12-29-11-7-8-13-32(29)34/h7-15,19,24,26-28,31,33,49H,6,16-18,20-23,25,41H2,1-5H3,(H,43,50)(H,44,51)/t27?,28-,31-,33-/m0/s1. The molecule has 1 aliphatic rings. The molecule has 0 radical (unpaired) electrons. The number of rotatable bonds is 20. The Bertz CT molecular complexity index is 1910. The second kappa shape index (κ2) is 21.7. The molecular weight excluding hydrogens is 769 g/mol. The van der Waals surface area contributed by atoms with Gasteiger partial charge in [0, 0.05) is 54.7 Å². The van der Waals surface area contributed by atoms with Gasteiger partial charge in [-0.2, -0.15) is 0 Å². The molecule has 1 aliphatic heterocycles. The van der Waals surface area contributed by atoms with Gasteiger partial charge >= 0.3 is 5.69 Å². The summed E-state index contributed by atoms with van der Waals surface area (Å²) in [5, 5.41) is 28.2. The van der Waals surface area contributed by atoms with Gasteiger partial charge < -0.3 is 21.1 Å². The van der Waals surface area contributed by atoms with Crippen molar-refractivity contribution in [3.63, 3.8) is 0 Å². The first-order chi connectivity index (χ1) is 27.2. The molecular formula is C40H54N8O7S2. The van der Waals surface area contributed by atoms with Crippen LogP contribution in [0, 0.1) is 22.0 Å². The minimum atomic E-state index is -1.20. The second-order valence-electron chi connectivity index (χ2n) is 14.7. The lowest BCUT2D eigenvalue weighted by atomic mass is 10.0. The van der Waals surface area contributed by atoms with Gasteiger partial charge in [0.15, 0.2) is 5.03 Å². The molecule has 57 heavy (non-hydrogen) atoms. The number of amides is 4. The van der Waals surface area contributed by atoms with Crippen molar-refractivity contribution in [3.8, 4) is 0 Å². The number of aliphatic hydroxyl groups is 1. The van der Waals surface area contributed by atoms with Crippen LogP contribution >= 0.6 is 21.6 Å². The molecule has 4 atom stereocenters. The summed E-state index contributed by atoms with van der Waals surface area (Å²) < 4.78 is 0. The normalized spacial score (nSPS) is 14.8. The van der Waals surface area contributed by atoms with Crippen LogP contribution in [-0.2, 0) is 19.2 Å². The molecule has 4 rings (SSSR count). The molecule has 2 heterocycles. The molecule has 0 saturated carbocycles. The van der Waals surface area contributed by atoms with Crippen molar-refractivity contribution in [3.05, 3.63) is 82.8 Å². The fraction of sp³-hybridized carbons (Fsp3) is 0.475. The third-order valence-electron chi connectivity index (χ3n) is 9.44. The lowest BCUT2D eigenvalue weighted by molar-refractivity contribution is -0.388. The first-order valence-corrected chi connectivity index (χ1v) is 21.5. The van der Waals surface area contributed by atoms with Crippen molar-refractivity contribution in [1.29, 1.82) is 0 Å². The van der Waals surface area contributed by atoms with Crippen LogP contribution in [0.4, 0.5) is 11.4 Å². The molecule has 1 unspecified atom stereocenters. The van der Waals surface area contributed by atoms with E-state index in [9.17, 15) is 34.4 Å². The zero-order valence-corrected chi connectivity index (χ0v) is 34.8. The number of hydrogen-bond acceptors (Lipinski definition) is 12. The summed E-state index contributed by atoms with van der Waals surface area (Å²) in [4.78, 5) is 73.3. The number of nitrogens with zero attached hydrogens (tertiary/aromatic N) is 5. The minimum absolute atomic E-state index is 0.0300. The zero-order chi connectivity index (χ0) is 41.6. The van der Waals surface area contributed by atoms with E-state index in [1.165, 1.54) is 39.0 Å². The van der Waals surface area contributed by atoms with E-state index >= 15 is 0 Å². The van der Waals surface area contributed by atoms with Crippen molar-refractivity contribution < 1.29 is 29.2 Å². The fourth-order valence-electron chi connectivity index (χ4n) is 6.12. The third kappa shape index (κ3) is 13.2. The summed E-state index contributed by atoms with van der Waals surface area (Å²) in [6.45, 7) is 9.84. The Labute approximate surface area is 341 Å². The van der Waals surface area contributed by atoms with E-state index in [1.807, 2.05) is 75.1 Å². The van der Waals surface area contributed by atoms with Crippen LogP contribution in [0.2, 0.25) is 0 Å². The largest absolute Gasteiger partial charge is 0.393 e. The van der Waals surface area contributed by atoms with E-state index in [-0.39, 0.29) is 60.8 Å². The van der Waals surface area contributed by atoms with Gasteiger partial charge in [0.05, 0.1) is 29.2 Å². The monoisotopic (exact) mass is 822 g/mol. The topological polar surface area (TPSA) is 204 Å². The summed E-state index contributed by atoms with van der Waals surface area (Å²) in [5.74, 6) is -1.34. The molecule has 3 aromatic rings. The van der Waals surface area contributed by atoms with Crippen LogP contribution in [0.25, 0.3) is 10.8 Å². The molecule has 308 valence electrons. The molecule has 5 N–H and O–H groups in total. The van der Waals surface area contributed by atoms with Gasteiger partial charge in [0.2, 0.25) is 17.7 Å². The second-order valence-corrected chi connectivity index (χ2v) is 17.1. The first-order valence-electron chi connectivity index (χ1n) is 19.2.